The van der Waals surface area contributed by atoms with Crippen molar-refractivity contribution in [2.24, 2.45) is 0 Å². The van der Waals surface area contributed by atoms with Crippen LogP contribution in [0.15, 0.2) is 64.3 Å². The van der Waals surface area contributed by atoms with E-state index in [9.17, 15) is 19.5 Å². The van der Waals surface area contributed by atoms with E-state index in [2.05, 4.69) is 20.8 Å². The van der Waals surface area contributed by atoms with Crippen LogP contribution in [0, 0.1) is 0 Å². The van der Waals surface area contributed by atoms with Gasteiger partial charge < -0.3 is 10.4 Å². The molecule has 5 rings (SSSR count). The van der Waals surface area contributed by atoms with Crippen LogP contribution in [0.5, 0.6) is 0 Å². The van der Waals surface area contributed by atoms with E-state index in [1.165, 1.54) is 39.8 Å². The summed E-state index contributed by atoms with van der Waals surface area (Å²) in [5, 5.41) is 26.5. The molecule has 2 atom stereocenters. The summed E-state index contributed by atoms with van der Waals surface area (Å²) in [6, 6.07) is 12.8. The number of benzene rings is 1. The number of carboxylic acid groups (broad SMARTS) is 1. The van der Waals surface area contributed by atoms with Crippen molar-refractivity contribution in [3.63, 3.8) is 0 Å². The molecular weight excluding hydrogens is 508 g/mol. The molecule has 10 nitrogen and oxygen atoms in total. The molecule has 0 radical (unpaired) electrons. The van der Waals surface area contributed by atoms with Gasteiger partial charge in [0.05, 0.1) is 13.0 Å². The quantitative estimate of drug-likeness (QED) is 0.316. The van der Waals surface area contributed by atoms with Gasteiger partial charge in [0.25, 0.3) is 5.91 Å². The van der Waals surface area contributed by atoms with Gasteiger partial charge in [0, 0.05) is 16.4 Å². The van der Waals surface area contributed by atoms with Gasteiger partial charge in [-0.1, -0.05) is 48.2 Å². The van der Waals surface area contributed by atoms with E-state index in [1.54, 1.807) is 4.68 Å². The molecule has 2 amide bonds. The fourth-order valence-electron chi connectivity index (χ4n) is 3.90. The van der Waals surface area contributed by atoms with Crippen molar-refractivity contribution in [2.75, 3.05) is 11.5 Å². The number of nitrogens with zero attached hydrogens (tertiary/aromatic N) is 5. The third-order valence-electron chi connectivity index (χ3n) is 5.53. The first-order valence-corrected chi connectivity index (χ1v) is 13.6. The van der Waals surface area contributed by atoms with Crippen molar-refractivity contribution in [3.8, 4) is 0 Å². The van der Waals surface area contributed by atoms with Gasteiger partial charge in [0.2, 0.25) is 11.1 Å². The third-order valence-corrected chi connectivity index (χ3v) is 8.79. The van der Waals surface area contributed by atoms with E-state index in [1.807, 2.05) is 47.8 Å². The summed E-state index contributed by atoms with van der Waals surface area (Å²) in [4.78, 5) is 39.5. The summed E-state index contributed by atoms with van der Waals surface area (Å²) in [6.45, 7) is 0.495. The van der Waals surface area contributed by atoms with Crippen LogP contribution < -0.4 is 5.32 Å². The van der Waals surface area contributed by atoms with Crippen molar-refractivity contribution in [3.05, 3.63) is 69.6 Å². The Morgan fingerprint density at radius 2 is 2.03 bits per heavy atom. The van der Waals surface area contributed by atoms with Crippen LogP contribution >= 0.6 is 34.9 Å². The molecule has 0 saturated carbocycles. The number of rotatable bonds is 9. The van der Waals surface area contributed by atoms with E-state index in [-0.39, 0.29) is 18.0 Å². The molecule has 0 spiro atoms. The van der Waals surface area contributed by atoms with Crippen LogP contribution in [0.3, 0.4) is 0 Å². The van der Waals surface area contributed by atoms with Gasteiger partial charge in [0.1, 0.15) is 17.1 Å². The highest BCUT2D eigenvalue weighted by Crippen LogP contribution is 2.41. The van der Waals surface area contributed by atoms with Gasteiger partial charge >= 0.3 is 5.97 Å². The molecule has 13 heteroatoms. The van der Waals surface area contributed by atoms with Crippen LogP contribution in [0.2, 0.25) is 0 Å². The van der Waals surface area contributed by atoms with Gasteiger partial charge in [-0.2, -0.15) is 0 Å². The first-order valence-electron chi connectivity index (χ1n) is 10.7. The number of carboxylic acids is 1. The van der Waals surface area contributed by atoms with Gasteiger partial charge in [-0.25, -0.2) is 9.48 Å². The predicted octanol–water partition coefficient (Wildman–Crippen LogP) is 1.86. The number of hydrogen-bond acceptors (Lipinski definition) is 9. The number of amides is 2. The lowest BCUT2D eigenvalue weighted by molar-refractivity contribution is -0.150. The second-order valence-electron chi connectivity index (χ2n) is 7.86. The second-order valence-corrected chi connectivity index (χ2v) is 10.9. The Morgan fingerprint density at radius 3 is 2.77 bits per heavy atom. The maximum Gasteiger partial charge on any atom is 0.352 e. The largest absolute Gasteiger partial charge is 0.477 e. The normalized spacial score (nSPS) is 19.3. The number of β-lactam (4-membered cyclic amide) rings is 1. The summed E-state index contributed by atoms with van der Waals surface area (Å²) >= 11 is 4.25. The van der Waals surface area contributed by atoms with Crippen LogP contribution in [0.25, 0.3) is 0 Å². The Labute approximate surface area is 212 Å². The number of nitrogens with one attached hydrogen (secondary N) is 1. The van der Waals surface area contributed by atoms with E-state index in [0.717, 1.165) is 10.4 Å². The standard InChI is InChI=1S/C22H20N6O4S3/c29-16(9-15-7-4-8-33-15)23-17-19(30)28-18(21(31)32)14(11-34-20(17)28)12-35-22-24-25-26-27(22)10-13-5-2-1-3-6-13/h1-8,17,20H,9-12H2,(H,23,29)(H,31,32)/t17?,20-/m1/s1. The number of aromatic nitrogens is 4. The molecule has 2 aliphatic heterocycles. The number of thioether (sulfide) groups is 2. The zero-order valence-electron chi connectivity index (χ0n) is 18.2. The average Bonchev–Trinajstić information content (AvgIpc) is 3.53. The molecule has 0 bridgehead atoms. The number of aliphatic carboxylic acids is 1. The van der Waals surface area contributed by atoms with Gasteiger partial charge in [-0.3, -0.25) is 14.5 Å². The highest BCUT2D eigenvalue weighted by Gasteiger charge is 2.54. The summed E-state index contributed by atoms with van der Waals surface area (Å²) < 4.78 is 1.66. The number of hydrogen-bond donors (Lipinski definition) is 2. The summed E-state index contributed by atoms with van der Waals surface area (Å²) in [5.74, 6) is -1.06. The molecular formula is C22H20N6O4S3. The molecule has 180 valence electrons. The van der Waals surface area contributed by atoms with Crippen LogP contribution in [0.4, 0.5) is 0 Å². The molecule has 2 aromatic heterocycles. The Kier molecular flexibility index (Phi) is 6.88. The lowest BCUT2D eigenvalue weighted by atomic mass is 10.0. The molecule has 0 aliphatic carbocycles. The second kappa shape index (κ2) is 10.2. The fourth-order valence-corrected chi connectivity index (χ4v) is 6.96. The van der Waals surface area contributed by atoms with Crippen molar-refractivity contribution in [1.82, 2.24) is 30.4 Å². The topological polar surface area (TPSA) is 130 Å². The minimum atomic E-state index is -1.16. The molecule has 1 unspecified atom stereocenters. The Balaban J connectivity index is 1.25. The van der Waals surface area contributed by atoms with E-state index < -0.39 is 23.3 Å². The zero-order chi connectivity index (χ0) is 24.4. The van der Waals surface area contributed by atoms with Gasteiger partial charge in [-0.05, 0) is 33.0 Å². The van der Waals surface area contributed by atoms with Gasteiger partial charge in [-0.15, -0.1) is 28.2 Å². The maximum absolute atomic E-state index is 12.8. The number of thiophene rings is 1. The number of tetrazole rings is 1. The fraction of sp³-hybridized carbons (Fsp3) is 0.273. The van der Waals surface area contributed by atoms with Crippen LogP contribution in [-0.4, -0.2) is 70.9 Å². The van der Waals surface area contributed by atoms with Crippen molar-refractivity contribution in [1.29, 1.82) is 0 Å². The molecule has 35 heavy (non-hydrogen) atoms. The number of carbonyl (C=O) groups excluding carboxylic acids is 2. The lowest BCUT2D eigenvalue weighted by Gasteiger charge is -2.49. The zero-order valence-corrected chi connectivity index (χ0v) is 20.7. The maximum atomic E-state index is 12.8. The monoisotopic (exact) mass is 528 g/mol. The smallest absolute Gasteiger partial charge is 0.352 e. The first-order chi connectivity index (χ1) is 17.0. The highest BCUT2D eigenvalue weighted by atomic mass is 32.2. The van der Waals surface area contributed by atoms with E-state index in [4.69, 9.17) is 0 Å². The highest BCUT2D eigenvalue weighted by molar-refractivity contribution is 8.01. The molecule has 1 saturated heterocycles. The Hall–Kier alpha value is -3.16. The van der Waals surface area contributed by atoms with Gasteiger partial charge in [0.15, 0.2) is 0 Å². The molecule has 2 N–H and O–H groups in total. The van der Waals surface area contributed by atoms with Crippen molar-refractivity contribution < 1.29 is 19.5 Å². The first kappa shape index (κ1) is 23.6. The Bertz CT molecular complexity index is 1280. The predicted molar refractivity (Wildman–Crippen MR) is 132 cm³/mol. The summed E-state index contributed by atoms with van der Waals surface area (Å²) in [7, 11) is 0. The molecule has 1 fully saturated rings. The summed E-state index contributed by atoms with van der Waals surface area (Å²) in [6.07, 6.45) is 0.194. The van der Waals surface area contributed by atoms with Crippen molar-refractivity contribution in [2.45, 2.75) is 29.5 Å². The van der Waals surface area contributed by atoms with E-state index >= 15 is 0 Å². The average molecular weight is 529 g/mol. The molecule has 2 aliphatic rings. The van der Waals surface area contributed by atoms with E-state index in [0.29, 0.717) is 28.8 Å². The Morgan fingerprint density at radius 1 is 1.20 bits per heavy atom. The van der Waals surface area contributed by atoms with Crippen LogP contribution in [-0.2, 0) is 27.3 Å². The number of fused-ring (bicyclic) bond motifs is 1. The molecule has 4 heterocycles. The van der Waals surface area contributed by atoms with Crippen LogP contribution in [0.1, 0.15) is 10.4 Å². The lowest BCUT2D eigenvalue weighted by Crippen LogP contribution is -2.70. The number of carbonyl (C=O) groups is 3. The minimum absolute atomic E-state index is 0.0166. The van der Waals surface area contributed by atoms with Crippen molar-refractivity contribution >= 4 is 52.6 Å². The summed E-state index contributed by atoms with van der Waals surface area (Å²) in [5.41, 5.74) is 1.65. The minimum Gasteiger partial charge on any atom is -0.477 e. The molecule has 3 aromatic rings. The third kappa shape index (κ3) is 4.97. The SMILES string of the molecule is O=C(Cc1cccs1)NC1C(=O)N2C(C(=O)O)=C(CSc3nnnn3Cc3ccccc3)CS[C@H]12. The molecule has 1 aromatic carbocycles.